The molecule has 0 spiro atoms. The minimum atomic E-state index is 0.178. The van der Waals surface area contributed by atoms with Gasteiger partial charge >= 0.3 is 0 Å². The van der Waals surface area contributed by atoms with E-state index in [1.165, 1.54) is 10.9 Å². The SMILES string of the molecule is CC(CN)c1ccc2cc(C(C)(C)C)ccc2n1. The first kappa shape index (κ1) is 13.0. The van der Waals surface area contributed by atoms with Crippen molar-refractivity contribution in [3.63, 3.8) is 0 Å². The van der Waals surface area contributed by atoms with Crippen LogP contribution in [-0.2, 0) is 5.41 Å². The first-order valence-corrected chi connectivity index (χ1v) is 6.53. The summed E-state index contributed by atoms with van der Waals surface area (Å²) in [5.41, 5.74) is 9.34. The van der Waals surface area contributed by atoms with E-state index >= 15 is 0 Å². The van der Waals surface area contributed by atoms with Crippen molar-refractivity contribution in [2.45, 2.75) is 39.0 Å². The lowest BCUT2D eigenvalue weighted by Gasteiger charge is -2.19. The Kier molecular flexibility index (Phi) is 3.40. The average Bonchev–Trinajstić information content (AvgIpc) is 2.35. The van der Waals surface area contributed by atoms with Crippen molar-refractivity contribution in [3.8, 4) is 0 Å². The summed E-state index contributed by atoms with van der Waals surface area (Å²) >= 11 is 0. The van der Waals surface area contributed by atoms with E-state index in [0.29, 0.717) is 12.5 Å². The Labute approximate surface area is 109 Å². The largest absolute Gasteiger partial charge is 0.330 e. The van der Waals surface area contributed by atoms with Crippen molar-refractivity contribution in [1.29, 1.82) is 0 Å². The zero-order chi connectivity index (χ0) is 13.3. The summed E-state index contributed by atoms with van der Waals surface area (Å²) in [6.07, 6.45) is 0. The molecule has 0 radical (unpaired) electrons. The summed E-state index contributed by atoms with van der Waals surface area (Å²) in [7, 11) is 0. The van der Waals surface area contributed by atoms with Crippen molar-refractivity contribution in [2.75, 3.05) is 6.54 Å². The third kappa shape index (κ3) is 2.54. The van der Waals surface area contributed by atoms with Gasteiger partial charge < -0.3 is 5.73 Å². The number of hydrogen-bond donors (Lipinski definition) is 1. The fourth-order valence-corrected chi connectivity index (χ4v) is 2.00. The number of nitrogens with zero attached hydrogens (tertiary/aromatic N) is 1. The van der Waals surface area contributed by atoms with Gasteiger partial charge in [-0.15, -0.1) is 0 Å². The highest BCUT2D eigenvalue weighted by Gasteiger charge is 2.14. The zero-order valence-corrected chi connectivity index (χ0v) is 11.7. The zero-order valence-electron chi connectivity index (χ0n) is 11.7. The molecule has 1 unspecified atom stereocenters. The van der Waals surface area contributed by atoms with Gasteiger partial charge in [0.15, 0.2) is 0 Å². The first-order valence-electron chi connectivity index (χ1n) is 6.53. The standard InChI is InChI=1S/C16H22N2/c1-11(10-17)14-7-5-12-9-13(16(2,3)4)6-8-15(12)18-14/h5-9,11H,10,17H2,1-4H3. The lowest BCUT2D eigenvalue weighted by atomic mass is 9.86. The molecule has 0 aliphatic rings. The van der Waals surface area contributed by atoms with Gasteiger partial charge in [0.05, 0.1) is 5.52 Å². The van der Waals surface area contributed by atoms with Crippen molar-refractivity contribution in [1.82, 2.24) is 4.98 Å². The monoisotopic (exact) mass is 242 g/mol. The molecular weight excluding hydrogens is 220 g/mol. The summed E-state index contributed by atoms with van der Waals surface area (Å²) in [4.78, 5) is 4.69. The normalized spacial score (nSPS) is 13.8. The molecule has 2 N–H and O–H groups in total. The van der Waals surface area contributed by atoms with Crippen LogP contribution in [0.1, 0.15) is 44.9 Å². The third-order valence-corrected chi connectivity index (χ3v) is 3.44. The minimum absolute atomic E-state index is 0.178. The predicted octanol–water partition coefficient (Wildman–Crippen LogP) is 3.59. The number of fused-ring (bicyclic) bond motifs is 1. The van der Waals surface area contributed by atoms with Gasteiger partial charge in [0.25, 0.3) is 0 Å². The Bertz CT molecular complexity index is 553. The Morgan fingerprint density at radius 1 is 1.17 bits per heavy atom. The molecule has 18 heavy (non-hydrogen) atoms. The van der Waals surface area contributed by atoms with Gasteiger partial charge in [-0.05, 0) is 29.2 Å². The molecule has 2 heteroatoms. The van der Waals surface area contributed by atoms with Crippen LogP contribution in [0.15, 0.2) is 30.3 Å². The summed E-state index contributed by atoms with van der Waals surface area (Å²) in [6, 6.07) is 10.8. The smallest absolute Gasteiger partial charge is 0.0705 e. The number of pyridine rings is 1. The number of rotatable bonds is 2. The van der Waals surface area contributed by atoms with Crippen LogP contribution >= 0.6 is 0 Å². The van der Waals surface area contributed by atoms with Crippen LogP contribution in [0, 0.1) is 0 Å². The summed E-state index contributed by atoms with van der Waals surface area (Å²) in [5.74, 6) is 0.316. The summed E-state index contributed by atoms with van der Waals surface area (Å²) in [6.45, 7) is 9.43. The van der Waals surface area contributed by atoms with Crippen LogP contribution in [0.4, 0.5) is 0 Å². The molecule has 0 saturated carbocycles. The van der Waals surface area contributed by atoms with Gasteiger partial charge in [-0.2, -0.15) is 0 Å². The van der Waals surface area contributed by atoms with E-state index in [9.17, 15) is 0 Å². The second-order valence-electron chi connectivity index (χ2n) is 6.03. The second kappa shape index (κ2) is 4.69. The predicted molar refractivity (Wildman–Crippen MR) is 77.9 cm³/mol. The van der Waals surface area contributed by atoms with E-state index in [1.54, 1.807) is 0 Å². The van der Waals surface area contributed by atoms with Crippen LogP contribution in [0.25, 0.3) is 10.9 Å². The fraction of sp³-hybridized carbons (Fsp3) is 0.438. The van der Waals surface area contributed by atoms with Crippen molar-refractivity contribution in [3.05, 3.63) is 41.6 Å². The van der Waals surface area contributed by atoms with Gasteiger partial charge in [-0.1, -0.05) is 39.8 Å². The Balaban J connectivity index is 2.49. The Morgan fingerprint density at radius 3 is 2.50 bits per heavy atom. The first-order chi connectivity index (χ1) is 8.41. The van der Waals surface area contributed by atoms with Gasteiger partial charge in [-0.3, -0.25) is 4.98 Å². The molecule has 0 aliphatic heterocycles. The molecule has 2 aromatic rings. The molecule has 0 fully saturated rings. The molecule has 2 nitrogen and oxygen atoms in total. The highest BCUT2D eigenvalue weighted by atomic mass is 14.7. The maximum atomic E-state index is 5.69. The van der Waals surface area contributed by atoms with Crippen molar-refractivity contribution >= 4 is 10.9 Å². The minimum Gasteiger partial charge on any atom is -0.330 e. The van der Waals surface area contributed by atoms with Crippen LogP contribution in [0.2, 0.25) is 0 Å². The van der Waals surface area contributed by atoms with E-state index in [-0.39, 0.29) is 5.41 Å². The van der Waals surface area contributed by atoms with Gasteiger partial charge in [0, 0.05) is 23.5 Å². The third-order valence-electron chi connectivity index (χ3n) is 3.44. The van der Waals surface area contributed by atoms with Crippen LogP contribution < -0.4 is 5.73 Å². The maximum Gasteiger partial charge on any atom is 0.0705 e. The Hall–Kier alpha value is -1.41. The molecule has 1 aromatic heterocycles. The van der Waals surface area contributed by atoms with E-state index in [2.05, 4.69) is 63.0 Å². The van der Waals surface area contributed by atoms with E-state index in [1.807, 2.05) is 0 Å². The molecule has 0 saturated heterocycles. The van der Waals surface area contributed by atoms with Crippen molar-refractivity contribution < 1.29 is 0 Å². The molecule has 1 aromatic carbocycles. The lowest BCUT2D eigenvalue weighted by Crippen LogP contribution is -2.11. The molecular formula is C16H22N2. The summed E-state index contributed by atoms with van der Waals surface area (Å²) < 4.78 is 0. The van der Waals surface area contributed by atoms with Gasteiger partial charge in [-0.25, -0.2) is 0 Å². The lowest BCUT2D eigenvalue weighted by molar-refractivity contribution is 0.591. The number of nitrogens with two attached hydrogens (primary N) is 1. The molecule has 2 rings (SSSR count). The molecule has 1 heterocycles. The molecule has 0 amide bonds. The number of aromatic nitrogens is 1. The summed E-state index contributed by atoms with van der Waals surface area (Å²) in [5, 5.41) is 1.20. The molecule has 96 valence electrons. The second-order valence-corrected chi connectivity index (χ2v) is 6.03. The fourth-order valence-electron chi connectivity index (χ4n) is 2.00. The van der Waals surface area contributed by atoms with Gasteiger partial charge in [0.1, 0.15) is 0 Å². The molecule has 1 atom stereocenters. The van der Waals surface area contributed by atoms with E-state index < -0.39 is 0 Å². The van der Waals surface area contributed by atoms with Crippen LogP contribution in [-0.4, -0.2) is 11.5 Å². The molecule has 0 bridgehead atoms. The van der Waals surface area contributed by atoms with Crippen LogP contribution in [0.5, 0.6) is 0 Å². The topological polar surface area (TPSA) is 38.9 Å². The van der Waals surface area contributed by atoms with Crippen LogP contribution in [0.3, 0.4) is 0 Å². The number of hydrogen-bond acceptors (Lipinski definition) is 2. The molecule has 0 aliphatic carbocycles. The van der Waals surface area contributed by atoms with Gasteiger partial charge in [0.2, 0.25) is 0 Å². The van der Waals surface area contributed by atoms with E-state index in [4.69, 9.17) is 5.73 Å². The Morgan fingerprint density at radius 2 is 1.89 bits per heavy atom. The quantitative estimate of drug-likeness (QED) is 0.874. The number of benzene rings is 1. The highest BCUT2D eigenvalue weighted by Crippen LogP contribution is 2.26. The van der Waals surface area contributed by atoms with E-state index in [0.717, 1.165) is 11.2 Å². The van der Waals surface area contributed by atoms with Crippen molar-refractivity contribution in [2.24, 2.45) is 5.73 Å². The maximum absolute atomic E-state index is 5.69. The highest BCUT2D eigenvalue weighted by molar-refractivity contribution is 5.79. The average molecular weight is 242 g/mol.